The number of nitrogens with zero attached hydrogens (tertiary/aromatic N) is 2. The van der Waals surface area contributed by atoms with Gasteiger partial charge in [-0.25, -0.2) is 4.79 Å². The summed E-state index contributed by atoms with van der Waals surface area (Å²) in [7, 11) is 0. The van der Waals surface area contributed by atoms with E-state index in [1.165, 1.54) is 6.07 Å². The molecule has 0 saturated carbocycles. The van der Waals surface area contributed by atoms with Gasteiger partial charge in [0, 0.05) is 12.6 Å². The van der Waals surface area contributed by atoms with Crippen molar-refractivity contribution in [2.45, 2.75) is 46.6 Å². The molecule has 7 heteroatoms. The average molecular weight is 336 g/mol. The van der Waals surface area contributed by atoms with Crippen LogP contribution in [0.4, 0.5) is 5.69 Å². The third kappa shape index (κ3) is 4.67. The molecule has 0 spiro atoms. The van der Waals surface area contributed by atoms with Crippen LogP contribution in [0, 0.1) is 22.5 Å². The summed E-state index contributed by atoms with van der Waals surface area (Å²) < 4.78 is 5.85. The number of nitro benzene ring substituents is 1. The number of ether oxygens (including phenoxy) is 1. The van der Waals surface area contributed by atoms with Crippen LogP contribution in [0.5, 0.6) is 5.75 Å². The summed E-state index contributed by atoms with van der Waals surface area (Å²) in [5.74, 6) is -0.0429. The van der Waals surface area contributed by atoms with E-state index in [0.29, 0.717) is 13.1 Å². The molecule has 1 aromatic carbocycles. The number of hydroxylamine groups is 2. The predicted molar refractivity (Wildman–Crippen MR) is 88.6 cm³/mol. The number of hydrogen-bond acceptors (Lipinski definition) is 6. The van der Waals surface area contributed by atoms with Crippen LogP contribution in [-0.2, 0) is 9.63 Å². The summed E-state index contributed by atoms with van der Waals surface area (Å²) in [6.07, 6.45) is 1.29. The van der Waals surface area contributed by atoms with Crippen LogP contribution in [0.25, 0.3) is 0 Å². The van der Waals surface area contributed by atoms with Crippen molar-refractivity contribution in [2.75, 3.05) is 13.1 Å². The van der Waals surface area contributed by atoms with Crippen LogP contribution in [0.1, 0.15) is 39.2 Å². The number of rotatable bonds is 4. The molecule has 1 aromatic rings. The Morgan fingerprint density at radius 1 is 1.38 bits per heavy atom. The smallest absolute Gasteiger partial charge is 0.330 e. The lowest BCUT2D eigenvalue weighted by Gasteiger charge is -2.32. The van der Waals surface area contributed by atoms with Crippen molar-refractivity contribution in [1.29, 1.82) is 0 Å². The van der Waals surface area contributed by atoms with Crippen LogP contribution in [0.2, 0.25) is 0 Å². The third-order valence-corrected chi connectivity index (χ3v) is 3.77. The summed E-state index contributed by atoms with van der Waals surface area (Å²) in [5, 5.41) is 12.7. The fraction of sp³-hybridized carbons (Fsp3) is 0.588. The van der Waals surface area contributed by atoms with E-state index < -0.39 is 10.3 Å². The van der Waals surface area contributed by atoms with E-state index in [-0.39, 0.29) is 23.5 Å². The van der Waals surface area contributed by atoms with Crippen LogP contribution < -0.4 is 4.74 Å². The molecule has 1 heterocycles. The minimum atomic E-state index is -0.580. The Bertz CT molecular complexity index is 624. The van der Waals surface area contributed by atoms with Crippen LogP contribution in [0.3, 0.4) is 0 Å². The largest absolute Gasteiger partial charge is 0.482 e. The van der Waals surface area contributed by atoms with Crippen molar-refractivity contribution in [3.05, 3.63) is 33.9 Å². The fourth-order valence-electron chi connectivity index (χ4n) is 2.38. The zero-order valence-electron chi connectivity index (χ0n) is 14.6. The van der Waals surface area contributed by atoms with Crippen molar-refractivity contribution in [2.24, 2.45) is 5.41 Å². The van der Waals surface area contributed by atoms with Crippen molar-refractivity contribution < 1.29 is 19.3 Å². The highest BCUT2D eigenvalue weighted by Crippen LogP contribution is 2.30. The topological polar surface area (TPSA) is 81.9 Å². The quantitative estimate of drug-likeness (QED) is 0.620. The van der Waals surface area contributed by atoms with Gasteiger partial charge in [-0.05, 0) is 52.2 Å². The molecule has 1 fully saturated rings. The molecule has 0 bridgehead atoms. The second kappa shape index (κ2) is 7.17. The molecular weight excluding hydrogens is 312 g/mol. The summed E-state index contributed by atoms with van der Waals surface area (Å²) in [5.41, 5.74) is 0.259. The SMILES string of the molecule is Cc1ccc([N+](=O)[O-])c(O[C@H]2CCCN(OC(=O)C(C)(C)C)C2)c1. The Balaban J connectivity index is 2.05. The molecule has 24 heavy (non-hydrogen) atoms. The van der Waals surface area contributed by atoms with Crippen molar-refractivity contribution in [3.8, 4) is 5.75 Å². The minimum Gasteiger partial charge on any atom is -0.482 e. The molecule has 1 aliphatic heterocycles. The number of benzene rings is 1. The van der Waals surface area contributed by atoms with Gasteiger partial charge < -0.3 is 9.57 Å². The number of carbonyl (C=O) groups is 1. The second-order valence-corrected chi connectivity index (χ2v) is 7.13. The minimum absolute atomic E-state index is 0.0515. The molecule has 1 saturated heterocycles. The zero-order valence-corrected chi connectivity index (χ0v) is 14.6. The van der Waals surface area contributed by atoms with E-state index in [1.54, 1.807) is 38.0 Å². The number of piperidine rings is 1. The lowest BCUT2D eigenvalue weighted by atomic mass is 9.98. The first kappa shape index (κ1) is 18.2. The molecule has 0 aliphatic carbocycles. The summed E-state index contributed by atoms with van der Waals surface area (Å²) >= 11 is 0. The Morgan fingerprint density at radius 2 is 2.08 bits per heavy atom. The first-order chi connectivity index (χ1) is 11.2. The predicted octanol–water partition coefficient (Wildman–Crippen LogP) is 3.25. The Kier molecular flexibility index (Phi) is 5.43. The Morgan fingerprint density at radius 3 is 2.71 bits per heavy atom. The van der Waals surface area contributed by atoms with Gasteiger partial charge in [0.15, 0.2) is 5.75 Å². The maximum Gasteiger partial charge on any atom is 0.330 e. The van der Waals surface area contributed by atoms with Gasteiger partial charge in [-0.1, -0.05) is 6.07 Å². The first-order valence-corrected chi connectivity index (χ1v) is 8.06. The van der Waals surface area contributed by atoms with Gasteiger partial charge in [0.05, 0.1) is 16.9 Å². The van der Waals surface area contributed by atoms with Crippen LogP contribution >= 0.6 is 0 Å². The molecule has 1 aliphatic rings. The van der Waals surface area contributed by atoms with Gasteiger partial charge in [0.1, 0.15) is 6.10 Å². The lowest BCUT2D eigenvalue weighted by Crippen LogP contribution is -2.44. The van der Waals surface area contributed by atoms with Crippen molar-refractivity contribution >= 4 is 11.7 Å². The third-order valence-electron chi connectivity index (χ3n) is 3.77. The van der Waals surface area contributed by atoms with E-state index in [0.717, 1.165) is 18.4 Å². The van der Waals surface area contributed by atoms with E-state index >= 15 is 0 Å². The van der Waals surface area contributed by atoms with E-state index in [4.69, 9.17) is 9.57 Å². The van der Waals surface area contributed by atoms with Gasteiger partial charge >= 0.3 is 11.7 Å². The summed E-state index contributed by atoms with van der Waals surface area (Å²) in [4.78, 5) is 28.1. The van der Waals surface area contributed by atoms with Gasteiger partial charge in [-0.15, -0.1) is 5.06 Å². The number of aryl methyl sites for hydroxylation is 1. The normalized spacial score (nSPS) is 18.9. The Labute approximate surface area is 141 Å². The van der Waals surface area contributed by atoms with Crippen LogP contribution in [0.15, 0.2) is 18.2 Å². The summed E-state index contributed by atoms with van der Waals surface area (Å²) in [6, 6.07) is 4.80. The molecule has 0 N–H and O–H groups in total. The molecule has 7 nitrogen and oxygen atoms in total. The summed E-state index contributed by atoms with van der Waals surface area (Å²) in [6.45, 7) is 8.27. The highest BCUT2D eigenvalue weighted by atomic mass is 16.7. The second-order valence-electron chi connectivity index (χ2n) is 7.13. The molecule has 1 atom stereocenters. The van der Waals surface area contributed by atoms with Gasteiger partial charge in [0.2, 0.25) is 0 Å². The Hall–Kier alpha value is -2.15. The molecule has 2 rings (SSSR count). The maximum atomic E-state index is 12.0. The standard InChI is InChI=1S/C17H24N2O5/c1-12-7-8-14(19(21)22)15(10-12)23-13-6-5-9-18(11-13)24-16(20)17(2,3)4/h7-8,10,13H,5-6,9,11H2,1-4H3/t13-/m0/s1. The molecule has 132 valence electrons. The zero-order chi connectivity index (χ0) is 17.9. The molecular formula is C17H24N2O5. The van der Waals surface area contributed by atoms with Gasteiger partial charge in [0.25, 0.3) is 0 Å². The van der Waals surface area contributed by atoms with Gasteiger partial charge in [-0.3, -0.25) is 10.1 Å². The van der Waals surface area contributed by atoms with E-state index in [9.17, 15) is 14.9 Å². The van der Waals surface area contributed by atoms with E-state index in [2.05, 4.69) is 0 Å². The monoisotopic (exact) mass is 336 g/mol. The molecule has 0 amide bonds. The van der Waals surface area contributed by atoms with Crippen molar-refractivity contribution in [1.82, 2.24) is 5.06 Å². The molecule has 0 aromatic heterocycles. The van der Waals surface area contributed by atoms with Crippen molar-refractivity contribution in [3.63, 3.8) is 0 Å². The van der Waals surface area contributed by atoms with E-state index in [1.807, 2.05) is 6.92 Å². The lowest BCUT2D eigenvalue weighted by molar-refractivity contribution is -0.386. The first-order valence-electron chi connectivity index (χ1n) is 8.06. The van der Waals surface area contributed by atoms with Crippen LogP contribution in [-0.4, -0.2) is 35.1 Å². The highest BCUT2D eigenvalue weighted by molar-refractivity contribution is 5.75. The average Bonchev–Trinajstić information content (AvgIpc) is 2.46. The molecule has 0 unspecified atom stereocenters. The van der Waals surface area contributed by atoms with Gasteiger partial charge in [-0.2, -0.15) is 0 Å². The fourth-order valence-corrected chi connectivity index (χ4v) is 2.38. The number of hydrogen-bond donors (Lipinski definition) is 0. The highest BCUT2D eigenvalue weighted by Gasteiger charge is 2.30. The maximum absolute atomic E-state index is 12.0. The number of carbonyl (C=O) groups excluding carboxylic acids is 1. The number of nitro groups is 1. The molecule has 0 radical (unpaired) electrons.